The Morgan fingerprint density at radius 1 is 1.46 bits per heavy atom. The molecular weight excluding hydrogens is 164 g/mol. The van der Waals surface area contributed by atoms with Crippen molar-refractivity contribution in [2.75, 3.05) is 13.1 Å². The molecule has 0 aliphatic carbocycles. The van der Waals surface area contributed by atoms with Crippen LogP contribution in [0, 0.1) is 0 Å². The summed E-state index contributed by atoms with van der Waals surface area (Å²) in [6.07, 6.45) is 2.06. The van der Waals surface area contributed by atoms with Gasteiger partial charge in [0.1, 0.15) is 5.84 Å². The highest BCUT2D eigenvalue weighted by molar-refractivity contribution is 6.08. The molecule has 0 N–H and O–H groups in total. The molecule has 0 fully saturated rings. The van der Waals surface area contributed by atoms with Crippen LogP contribution in [0.15, 0.2) is 16.8 Å². The predicted octanol–water partition coefficient (Wildman–Crippen LogP) is 1.60. The SMILES string of the molecule is CCN(CC)C1=NC(C)=CC(=O)C1. The van der Waals surface area contributed by atoms with E-state index in [-0.39, 0.29) is 5.78 Å². The maximum atomic E-state index is 11.2. The van der Waals surface area contributed by atoms with E-state index in [1.807, 2.05) is 6.92 Å². The topological polar surface area (TPSA) is 32.7 Å². The van der Waals surface area contributed by atoms with E-state index >= 15 is 0 Å². The van der Waals surface area contributed by atoms with Crippen LogP contribution in [-0.4, -0.2) is 29.6 Å². The fourth-order valence-corrected chi connectivity index (χ4v) is 1.49. The molecular formula is C10H16N2O. The summed E-state index contributed by atoms with van der Waals surface area (Å²) in [5, 5.41) is 0. The molecule has 0 amide bonds. The van der Waals surface area contributed by atoms with E-state index in [9.17, 15) is 4.79 Å². The minimum Gasteiger partial charge on any atom is -0.360 e. The summed E-state index contributed by atoms with van der Waals surface area (Å²) in [6, 6.07) is 0. The molecule has 1 aliphatic rings. The normalized spacial score (nSPS) is 16.7. The van der Waals surface area contributed by atoms with Gasteiger partial charge in [0, 0.05) is 24.9 Å². The van der Waals surface area contributed by atoms with Crippen molar-refractivity contribution in [2.24, 2.45) is 4.99 Å². The lowest BCUT2D eigenvalue weighted by Crippen LogP contribution is -2.33. The van der Waals surface area contributed by atoms with E-state index < -0.39 is 0 Å². The van der Waals surface area contributed by atoms with Crippen molar-refractivity contribution >= 4 is 11.6 Å². The molecule has 0 radical (unpaired) electrons. The molecule has 3 heteroatoms. The summed E-state index contributed by atoms with van der Waals surface area (Å²) in [4.78, 5) is 17.7. The third-order valence-corrected chi connectivity index (χ3v) is 2.14. The molecule has 1 rings (SSSR count). The van der Waals surface area contributed by atoms with Crippen molar-refractivity contribution in [1.82, 2.24) is 4.90 Å². The van der Waals surface area contributed by atoms with Gasteiger partial charge in [-0.15, -0.1) is 0 Å². The minimum absolute atomic E-state index is 0.161. The van der Waals surface area contributed by atoms with Crippen molar-refractivity contribution in [1.29, 1.82) is 0 Å². The average Bonchev–Trinajstić information content (AvgIpc) is 2.04. The van der Waals surface area contributed by atoms with Gasteiger partial charge in [-0.05, 0) is 20.8 Å². The van der Waals surface area contributed by atoms with E-state index in [4.69, 9.17) is 0 Å². The Labute approximate surface area is 79.1 Å². The Morgan fingerprint density at radius 3 is 2.54 bits per heavy atom. The first-order valence-corrected chi connectivity index (χ1v) is 4.71. The molecule has 3 nitrogen and oxygen atoms in total. The van der Waals surface area contributed by atoms with E-state index in [0.717, 1.165) is 24.6 Å². The molecule has 13 heavy (non-hydrogen) atoms. The summed E-state index contributed by atoms with van der Waals surface area (Å²) < 4.78 is 0. The van der Waals surface area contributed by atoms with Crippen LogP contribution in [0.4, 0.5) is 0 Å². The average molecular weight is 180 g/mol. The Bertz CT molecular complexity index is 262. The highest BCUT2D eigenvalue weighted by Crippen LogP contribution is 2.10. The van der Waals surface area contributed by atoms with Gasteiger partial charge >= 0.3 is 0 Å². The molecule has 72 valence electrons. The zero-order chi connectivity index (χ0) is 9.84. The van der Waals surface area contributed by atoms with E-state index in [0.29, 0.717) is 6.42 Å². The number of ketones is 1. The van der Waals surface area contributed by atoms with Gasteiger partial charge in [0.05, 0.1) is 6.42 Å². The van der Waals surface area contributed by atoms with Crippen molar-refractivity contribution in [2.45, 2.75) is 27.2 Å². The zero-order valence-corrected chi connectivity index (χ0v) is 8.50. The van der Waals surface area contributed by atoms with E-state index in [2.05, 4.69) is 23.7 Å². The largest absolute Gasteiger partial charge is 0.360 e. The smallest absolute Gasteiger partial charge is 0.164 e. The first-order valence-electron chi connectivity index (χ1n) is 4.71. The van der Waals surface area contributed by atoms with Crippen LogP contribution in [0.25, 0.3) is 0 Å². The highest BCUT2D eigenvalue weighted by atomic mass is 16.1. The first-order chi connectivity index (χ1) is 6.17. The minimum atomic E-state index is 0.161. The van der Waals surface area contributed by atoms with Crippen LogP contribution in [0.2, 0.25) is 0 Å². The van der Waals surface area contributed by atoms with Crippen molar-refractivity contribution in [3.05, 3.63) is 11.8 Å². The molecule has 0 bridgehead atoms. The van der Waals surface area contributed by atoms with Crippen LogP contribution in [0.5, 0.6) is 0 Å². The molecule has 0 saturated carbocycles. The van der Waals surface area contributed by atoms with Crippen LogP contribution in [-0.2, 0) is 4.79 Å². The highest BCUT2D eigenvalue weighted by Gasteiger charge is 2.15. The van der Waals surface area contributed by atoms with Gasteiger partial charge in [-0.1, -0.05) is 0 Å². The quantitative estimate of drug-likeness (QED) is 0.646. The van der Waals surface area contributed by atoms with Crippen LogP contribution >= 0.6 is 0 Å². The summed E-state index contributed by atoms with van der Waals surface area (Å²) >= 11 is 0. The number of allylic oxidation sites excluding steroid dienone is 2. The van der Waals surface area contributed by atoms with Crippen molar-refractivity contribution < 1.29 is 4.79 Å². The van der Waals surface area contributed by atoms with Crippen molar-refractivity contribution in [3.63, 3.8) is 0 Å². The van der Waals surface area contributed by atoms with Gasteiger partial charge in [-0.3, -0.25) is 4.79 Å². The third-order valence-electron chi connectivity index (χ3n) is 2.14. The Morgan fingerprint density at radius 2 is 2.08 bits per heavy atom. The van der Waals surface area contributed by atoms with Gasteiger partial charge < -0.3 is 4.90 Å². The van der Waals surface area contributed by atoms with Crippen LogP contribution in [0.1, 0.15) is 27.2 Å². The number of hydrogen-bond acceptors (Lipinski definition) is 3. The second-order valence-corrected chi connectivity index (χ2v) is 3.13. The second kappa shape index (κ2) is 4.21. The lowest BCUT2D eigenvalue weighted by atomic mass is 10.1. The number of rotatable bonds is 2. The van der Waals surface area contributed by atoms with Gasteiger partial charge in [0.25, 0.3) is 0 Å². The molecule has 0 saturated heterocycles. The number of carbonyl (C=O) groups is 1. The molecule has 1 aliphatic heterocycles. The van der Waals surface area contributed by atoms with E-state index in [1.165, 1.54) is 0 Å². The fourth-order valence-electron chi connectivity index (χ4n) is 1.49. The number of nitrogens with zero attached hydrogens (tertiary/aromatic N) is 2. The molecule has 0 aromatic heterocycles. The summed E-state index contributed by atoms with van der Waals surface area (Å²) in [5.74, 6) is 1.07. The summed E-state index contributed by atoms with van der Waals surface area (Å²) in [5.41, 5.74) is 0.818. The van der Waals surface area contributed by atoms with Gasteiger partial charge in [-0.25, -0.2) is 4.99 Å². The molecule has 0 spiro atoms. The standard InChI is InChI=1S/C10H16N2O/c1-4-12(5-2)10-7-9(13)6-8(3)11-10/h6H,4-5,7H2,1-3H3. The van der Waals surface area contributed by atoms with Gasteiger partial charge in [0.2, 0.25) is 0 Å². The Kier molecular flexibility index (Phi) is 3.23. The van der Waals surface area contributed by atoms with Crippen molar-refractivity contribution in [3.8, 4) is 0 Å². The van der Waals surface area contributed by atoms with E-state index in [1.54, 1.807) is 6.08 Å². The van der Waals surface area contributed by atoms with Gasteiger partial charge in [0.15, 0.2) is 5.78 Å². The molecule has 0 atom stereocenters. The maximum Gasteiger partial charge on any atom is 0.164 e. The van der Waals surface area contributed by atoms with Gasteiger partial charge in [-0.2, -0.15) is 0 Å². The summed E-state index contributed by atoms with van der Waals surface area (Å²) in [7, 11) is 0. The fraction of sp³-hybridized carbons (Fsp3) is 0.600. The lowest BCUT2D eigenvalue weighted by Gasteiger charge is -2.24. The Balaban J connectivity index is 2.80. The molecule has 0 unspecified atom stereocenters. The van der Waals surface area contributed by atoms with Crippen LogP contribution in [0.3, 0.4) is 0 Å². The predicted molar refractivity (Wildman–Crippen MR) is 53.7 cm³/mol. The first kappa shape index (κ1) is 9.96. The third kappa shape index (κ3) is 2.41. The lowest BCUT2D eigenvalue weighted by molar-refractivity contribution is -0.113. The molecule has 1 heterocycles. The Hall–Kier alpha value is -1.12. The molecule has 0 aromatic rings. The van der Waals surface area contributed by atoms with Crippen LogP contribution < -0.4 is 0 Å². The maximum absolute atomic E-state index is 11.2. The number of carbonyl (C=O) groups excluding carboxylic acids is 1. The number of amidine groups is 1. The number of hydrogen-bond donors (Lipinski definition) is 0. The zero-order valence-electron chi connectivity index (χ0n) is 8.50. The monoisotopic (exact) mass is 180 g/mol. The molecule has 0 aromatic carbocycles. The second-order valence-electron chi connectivity index (χ2n) is 3.13. The number of aliphatic imine (C=N–C) groups is 1. The summed E-state index contributed by atoms with van der Waals surface area (Å²) in [6.45, 7) is 7.83.